The van der Waals surface area contributed by atoms with Crippen LogP contribution in [0.3, 0.4) is 0 Å². The van der Waals surface area contributed by atoms with E-state index in [1.54, 1.807) is 29.5 Å². The Hall–Kier alpha value is -1.04. The average molecular weight is 375 g/mol. The predicted octanol–water partition coefficient (Wildman–Crippen LogP) is 4.87. The van der Waals surface area contributed by atoms with Gasteiger partial charge < -0.3 is 10.1 Å². The number of halogens is 2. The van der Waals surface area contributed by atoms with Crippen LogP contribution in [-0.2, 0) is 11.3 Å². The lowest BCUT2D eigenvalue weighted by Crippen LogP contribution is -2.07. The summed E-state index contributed by atoms with van der Waals surface area (Å²) in [5, 5.41) is 3.80. The highest BCUT2D eigenvalue weighted by Crippen LogP contribution is 2.28. The molecule has 0 saturated carbocycles. The summed E-state index contributed by atoms with van der Waals surface area (Å²) in [6.07, 6.45) is 0. The number of nitrogens with one attached hydrogen (secondary N) is 1. The molecule has 0 bridgehead atoms. The minimum Gasteiger partial charge on any atom is -0.465 e. The Labute approximate surface area is 135 Å². The molecule has 3 nitrogen and oxygen atoms in total. The van der Waals surface area contributed by atoms with Crippen molar-refractivity contribution < 1.29 is 9.53 Å². The maximum atomic E-state index is 11.7. The molecule has 1 aromatic heterocycles. The van der Waals surface area contributed by atoms with E-state index >= 15 is 0 Å². The molecular formula is C14H13BrClNO2S. The standard InChI is InChI=1S/C14H13BrClNO2S/c1-8-12(15)6-10(20-8)7-17-13-5-9(16)3-4-11(13)14(18)19-2/h3-6,17H,7H2,1-2H3. The van der Waals surface area contributed by atoms with Gasteiger partial charge in [-0.15, -0.1) is 11.3 Å². The van der Waals surface area contributed by atoms with Gasteiger partial charge in [0, 0.05) is 25.8 Å². The molecule has 0 amide bonds. The van der Waals surface area contributed by atoms with Crippen LogP contribution in [0.1, 0.15) is 20.1 Å². The number of hydrogen-bond donors (Lipinski definition) is 1. The second-order valence-corrected chi connectivity index (χ2v) is 6.78. The van der Waals surface area contributed by atoms with Crippen LogP contribution in [0.5, 0.6) is 0 Å². The van der Waals surface area contributed by atoms with E-state index in [9.17, 15) is 4.79 Å². The Morgan fingerprint density at radius 2 is 2.20 bits per heavy atom. The van der Waals surface area contributed by atoms with Gasteiger partial charge in [0.05, 0.1) is 18.4 Å². The number of methoxy groups -OCH3 is 1. The van der Waals surface area contributed by atoms with Crippen molar-refractivity contribution in [3.63, 3.8) is 0 Å². The zero-order valence-electron chi connectivity index (χ0n) is 11.0. The van der Waals surface area contributed by atoms with Crippen molar-refractivity contribution in [3.8, 4) is 0 Å². The van der Waals surface area contributed by atoms with Crippen LogP contribution in [0.2, 0.25) is 5.02 Å². The number of aryl methyl sites for hydroxylation is 1. The molecule has 0 aliphatic rings. The van der Waals surface area contributed by atoms with Crippen molar-refractivity contribution in [2.75, 3.05) is 12.4 Å². The number of hydrogen-bond acceptors (Lipinski definition) is 4. The van der Waals surface area contributed by atoms with E-state index < -0.39 is 0 Å². The number of benzene rings is 1. The minimum atomic E-state index is -0.382. The lowest BCUT2D eigenvalue weighted by Gasteiger charge is -2.10. The van der Waals surface area contributed by atoms with Gasteiger partial charge in [-0.2, -0.15) is 0 Å². The van der Waals surface area contributed by atoms with Crippen molar-refractivity contribution in [2.45, 2.75) is 13.5 Å². The van der Waals surface area contributed by atoms with Gasteiger partial charge in [0.25, 0.3) is 0 Å². The summed E-state index contributed by atoms with van der Waals surface area (Å²) in [7, 11) is 1.36. The molecule has 2 rings (SSSR count). The Bertz CT molecular complexity index is 623. The summed E-state index contributed by atoms with van der Waals surface area (Å²) in [5.41, 5.74) is 1.15. The van der Waals surface area contributed by atoms with Crippen molar-refractivity contribution in [2.24, 2.45) is 0 Å². The van der Waals surface area contributed by atoms with Crippen LogP contribution in [0.15, 0.2) is 28.7 Å². The van der Waals surface area contributed by atoms with E-state index in [1.165, 1.54) is 16.9 Å². The van der Waals surface area contributed by atoms with Gasteiger partial charge in [0.2, 0.25) is 0 Å². The molecule has 1 heterocycles. The van der Waals surface area contributed by atoms with E-state index in [0.29, 0.717) is 22.8 Å². The van der Waals surface area contributed by atoms with Crippen LogP contribution in [-0.4, -0.2) is 13.1 Å². The summed E-state index contributed by atoms with van der Waals surface area (Å²) in [6, 6.07) is 7.12. The third-order valence-electron chi connectivity index (χ3n) is 2.75. The van der Waals surface area contributed by atoms with Crippen LogP contribution in [0.4, 0.5) is 5.69 Å². The normalized spacial score (nSPS) is 10.4. The van der Waals surface area contributed by atoms with Gasteiger partial charge >= 0.3 is 5.97 Å². The predicted molar refractivity (Wildman–Crippen MR) is 86.9 cm³/mol. The molecule has 1 aromatic carbocycles. The number of esters is 1. The number of ether oxygens (including phenoxy) is 1. The van der Waals surface area contributed by atoms with Gasteiger partial charge in [-0.1, -0.05) is 11.6 Å². The van der Waals surface area contributed by atoms with E-state index in [0.717, 1.165) is 4.47 Å². The minimum absolute atomic E-state index is 0.382. The third kappa shape index (κ3) is 3.53. The van der Waals surface area contributed by atoms with Crippen LogP contribution in [0, 0.1) is 6.92 Å². The van der Waals surface area contributed by atoms with Crippen molar-refractivity contribution in [3.05, 3.63) is 49.1 Å². The first-order valence-corrected chi connectivity index (χ1v) is 7.86. The first-order chi connectivity index (χ1) is 9.51. The fourth-order valence-electron chi connectivity index (χ4n) is 1.74. The molecule has 106 valence electrons. The molecule has 0 spiro atoms. The first kappa shape index (κ1) is 15.4. The van der Waals surface area contributed by atoms with Crippen molar-refractivity contribution >= 4 is 50.5 Å². The second-order valence-electron chi connectivity index (χ2n) is 4.15. The summed E-state index contributed by atoms with van der Waals surface area (Å²) in [6.45, 7) is 2.68. The van der Waals surface area contributed by atoms with Gasteiger partial charge in [-0.3, -0.25) is 0 Å². The summed E-state index contributed by atoms with van der Waals surface area (Å²) in [4.78, 5) is 14.1. The van der Waals surface area contributed by atoms with Gasteiger partial charge in [0.1, 0.15) is 0 Å². The average Bonchev–Trinajstić information content (AvgIpc) is 2.75. The zero-order chi connectivity index (χ0) is 14.7. The van der Waals surface area contributed by atoms with Crippen LogP contribution >= 0.6 is 38.9 Å². The van der Waals surface area contributed by atoms with Gasteiger partial charge in [-0.25, -0.2) is 4.79 Å². The third-order valence-corrected chi connectivity index (χ3v) is 5.12. The zero-order valence-corrected chi connectivity index (χ0v) is 14.2. The molecule has 6 heteroatoms. The van der Waals surface area contributed by atoms with Crippen molar-refractivity contribution in [1.29, 1.82) is 0 Å². The second kappa shape index (κ2) is 6.61. The maximum absolute atomic E-state index is 11.7. The van der Waals surface area contributed by atoms with Gasteiger partial charge in [-0.05, 0) is 47.1 Å². The lowest BCUT2D eigenvalue weighted by molar-refractivity contribution is 0.0602. The summed E-state index contributed by atoms with van der Waals surface area (Å²) < 4.78 is 5.86. The highest BCUT2D eigenvalue weighted by Gasteiger charge is 2.12. The molecule has 0 aliphatic carbocycles. The quantitative estimate of drug-likeness (QED) is 0.776. The molecular weight excluding hydrogens is 362 g/mol. The van der Waals surface area contributed by atoms with E-state index in [-0.39, 0.29) is 5.97 Å². The highest BCUT2D eigenvalue weighted by molar-refractivity contribution is 9.10. The molecule has 0 saturated heterocycles. The maximum Gasteiger partial charge on any atom is 0.339 e. The Balaban J connectivity index is 2.19. The topological polar surface area (TPSA) is 38.3 Å². The van der Waals surface area contributed by atoms with Gasteiger partial charge in [0.15, 0.2) is 0 Å². The lowest BCUT2D eigenvalue weighted by atomic mass is 10.2. The molecule has 20 heavy (non-hydrogen) atoms. The van der Waals surface area contributed by atoms with Crippen LogP contribution in [0.25, 0.3) is 0 Å². The molecule has 0 aliphatic heterocycles. The van der Waals surface area contributed by atoms with Crippen molar-refractivity contribution in [1.82, 2.24) is 0 Å². The smallest absolute Gasteiger partial charge is 0.339 e. The number of anilines is 1. The number of rotatable bonds is 4. The summed E-state index contributed by atoms with van der Waals surface area (Å²) in [5.74, 6) is -0.382. The molecule has 2 aromatic rings. The number of thiophene rings is 1. The fourth-order valence-corrected chi connectivity index (χ4v) is 3.45. The summed E-state index contributed by atoms with van der Waals surface area (Å²) >= 11 is 11.2. The van der Waals surface area contributed by atoms with E-state index in [2.05, 4.69) is 34.2 Å². The molecule has 0 atom stereocenters. The molecule has 0 radical (unpaired) electrons. The Morgan fingerprint density at radius 1 is 1.45 bits per heavy atom. The molecule has 0 unspecified atom stereocenters. The highest BCUT2D eigenvalue weighted by atomic mass is 79.9. The van der Waals surface area contributed by atoms with Crippen LogP contribution < -0.4 is 5.32 Å². The fraction of sp³-hybridized carbons (Fsp3) is 0.214. The SMILES string of the molecule is COC(=O)c1ccc(Cl)cc1NCc1cc(Br)c(C)s1. The molecule has 0 fully saturated rings. The number of carbonyl (C=O) groups excluding carboxylic acids is 1. The number of carbonyl (C=O) groups is 1. The van der Waals surface area contributed by atoms with E-state index in [4.69, 9.17) is 16.3 Å². The molecule has 1 N–H and O–H groups in total. The Kier molecular flexibility index (Phi) is 5.07. The van der Waals surface area contributed by atoms with E-state index in [1.807, 2.05) is 0 Å². The monoisotopic (exact) mass is 373 g/mol. The largest absolute Gasteiger partial charge is 0.465 e. The Morgan fingerprint density at radius 3 is 2.80 bits per heavy atom. The first-order valence-electron chi connectivity index (χ1n) is 5.88.